The van der Waals surface area contributed by atoms with Gasteiger partial charge in [0.05, 0.1) is 11.4 Å². The van der Waals surface area contributed by atoms with Gasteiger partial charge in [0, 0.05) is 24.0 Å². The summed E-state index contributed by atoms with van der Waals surface area (Å²) in [6.07, 6.45) is 1.49. The van der Waals surface area contributed by atoms with Gasteiger partial charge in [-0.2, -0.15) is 4.98 Å². The first-order valence-corrected chi connectivity index (χ1v) is 11.4. The largest absolute Gasteiger partial charge is 0.338 e. The van der Waals surface area contributed by atoms with Gasteiger partial charge in [0.15, 0.2) is 5.82 Å². The number of piperidine rings is 1. The molecular weight excluding hydrogens is 428 g/mol. The Morgan fingerprint density at radius 2 is 1.82 bits per heavy atom. The first-order chi connectivity index (χ1) is 16.5. The van der Waals surface area contributed by atoms with E-state index in [4.69, 9.17) is 0 Å². The Labute approximate surface area is 197 Å². The molecule has 1 saturated heterocycles. The second-order valence-corrected chi connectivity index (χ2v) is 8.85. The summed E-state index contributed by atoms with van der Waals surface area (Å²) in [4.78, 5) is 36.8. The number of rotatable bonds is 4. The van der Waals surface area contributed by atoms with Crippen LogP contribution in [0.5, 0.6) is 0 Å². The molecule has 8 heteroatoms. The van der Waals surface area contributed by atoms with Crippen molar-refractivity contribution in [3.8, 4) is 11.5 Å². The molecule has 4 aromatic rings. The number of nitrogens with zero attached hydrogens (tertiary/aromatic N) is 4. The van der Waals surface area contributed by atoms with Gasteiger partial charge in [0.2, 0.25) is 11.9 Å². The molecular formula is C26H26N6O2. The van der Waals surface area contributed by atoms with Crippen LogP contribution in [-0.4, -0.2) is 50.0 Å². The van der Waals surface area contributed by atoms with E-state index < -0.39 is 0 Å². The van der Waals surface area contributed by atoms with Crippen LogP contribution >= 0.6 is 0 Å². The zero-order valence-corrected chi connectivity index (χ0v) is 19.2. The van der Waals surface area contributed by atoms with E-state index in [0.717, 1.165) is 28.5 Å². The highest BCUT2D eigenvalue weighted by molar-refractivity contribution is 5.96. The minimum Gasteiger partial charge on any atom is -0.338 e. The van der Waals surface area contributed by atoms with Crippen LogP contribution in [0.2, 0.25) is 0 Å². The van der Waals surface area contributed by atoms with E-state index in [1.165, 1.54) is 0 Å². The number of H-pyrrole nitrogens is 1. The first kappa shape index (κ1) is 21.8. The number of pyridine rings is 1. The number of aryl methyl sites for hydroxylation is 2. The highest BCUT2D eigenvalue weighted by Gasteiger charge is 2.29. The minimum atomic E-state index is -0.315. The third-order valence-corrected chi connectivity index (χ3v) is 6.11. The van der Waals surface area contributed by atoms with Crippen molar-refractivity contribution < 1.29 is 9.59 Å². The number of fused-ring (bicyclic) bond motifs is 1. The van der Waals surface area contributed by atoms with Crippen molar-refractivity contribution in [2.24, 2.45) is 5.92 Å². The fourth-order valence-corrected chi connectivity index (χ4v) is 4.50. The average molecular weight is 455 g/mol. The van der Waals surface area contributed by atoms with Crippen LogP contribution < -0.4 is 5.32 Å². The van der Waals surface area contributed by atoms with Gasteiger partial charge in [0.25, 0.3) is 5.91 Å². The molecule has 172 valence electrons. The molecule has 1 fully saturated rings. The lowest BCUT2D eigenvalue weighted by Crippen LogP contribution is -2.43. The molecule has 0 saturated carbocycles. The van der Waals surface area contributed by atoms with Crippen LogP contribution in [0, 0.1) is 19.8 Å². The van der Waals surface area contributed by atoms with Crippen molar-refractivity contribution in [1.82, 2.24) is 25.1 Å². The molecule has 1 unspecified atom stereocenters. The highest BCUT2D eigenvalue weighted by Crippen LogP contribution is 2.22. The minimum absolute atomic E-state index is 0.0353. The van der Waals surface area contributed by atoms with Crippen LogP contribution in [-0.2, 0) is 4.79 Å². The lowest BCUT2D eigenvalue weighted by Gasteiger charge is -2.32. The molecule has 2 amide bonds. The molecule has 0 bridgehead atoms. The maximum atomic E-state index is 13.0. The van der Waals surface area contributed by atoms with E-state index in [2.05, 4.69) is 25.5 Å². The first-order valence-electron chi connectivity index (χ1n) is 11.4. The molecule has 2 N–H and O–H groups in total. The number of hydrogen-bond donors (Lipinski definition) is 2. The summed E-state index contributed by atoms with van der Waals surface area (Å²) in [5.74, 6) is 0.148. The predicted octanol–water partition coefficient (Wildman–Crippen LogP) is 4.13. The number of para-hydroxylation sites is 1. The lowest BCUT2D eigenvalue weighted by atomic mass is 9.96. The summed E-state index contributed by atoms with van der Waals surface area (Å²) in [7, 11) is 0. The number of benzene rings is 2. The van der Waals surface area contributed by atoms with Gasteiger partial charge < -0.3 is 4.90 Å². The fourth-order valence-electron chi connectivity index (χ4n) is 4.50. The standard InChI is InChI=1S/C26H26N6O2/c1-16-12-17(2)14-20(13-16)25(34)32-11-5-7-19(15-32)24(33)29-26-28-23(30-31-26)22-10-9-18-6-3-4-8-21(18)27-22/h3-4,6,8-10,12-14,19H,5,7,11,15H2,1-2H3,(H2,28,29,30,31,33). The second-order valence-electron chi connectivity index (χ2n) is 8.85. The van der Waals surface area contributed by atoms with Gasteiger partial charge in [0.1, 0.15) is 5.69 Å². The summed E-state index contributed by atoms with van der Waals surface area (Å²) >= 11 is 0. The summed E-state index contributed by atoms with van der Waals surface area (Å²) in [5, 5.41) is 10.8. The molecule has 1 aliphatic heterocycles. The smallest absolute Gasteiger partial charge is 0.253 e. The Kier molecular flexibility index (Phi) is 5.79. The molecule has 2 aromatic heterocycles. The molecule has 1 atom stereocenters. The number of nitrogens with one attached hydrogen (secondary N) is 2. The van der Waals surface area contributed by atoms with Crippen molar-refractivity contribution in [2.45, 2.75) is 26.7 Å². The molecule has 5 rings (SSSR count). The summed E-state index contributed by atoms with van der Waals surface area (Å²) in [6.45, 7) is 4.98. The highest BCUT2D eigenvalue weighted by atomic mass is 16.2. The number of aromatic amines is 1. The van der Waals surface area contributed by atoms with Gasteiger partial charge in [-0.05, 0) is 51.0 Å². The van der Waals surface area contributed by atoms with Gasteiger partial charge in [-0.15, -0.1) is 5.10 Å². The number of hydrogen-bond acceptors (Lipinski definition) is 5. The Balaban J connectivity index is 1.26. The topological polar surface area (TPSA) is 104 Å². The van der Waals surface area contributed by atoms with Crippen molar-refractivity contribution in [1.29, 1.82) is 0 Å². The van der Waals surface area contributed by atoms with Gasteiger partial charge >= 0.3 is 0 Å². The zero-order chi connectivity index (χ0) is 23.7. The van der Waals surface area contributed by atoms with Crippen molar-refractivity contribution in [2.75, 3.05) is 18.4 Å². The van der Waals surface area contributed by atoms with Gasteiger partial charge in [-0.1, -0.05) is 41.5 Å². The molecule has 34 heavy (non-hydrogen) atoms. The zero-order valence-electron chi connectivity index (χ0n) is 19.2. The summed E-state index contributed by atoms with van der Waals surface area (Å²) in [5.41, 5.74) is 4.28. The normalized spacial score (nSPS) is 15.9. The lowest BCUT2D eigenvalue weighted by molar-refractivity contribution is -0.121. The van der Waals surface area contributed by atoms with Crippen LogP contribution in [0.15, 0.2) is 54.6 Å². The third-order valence-electron chi connectivity index (χ3n) is 6.11. The molecule has 1 aliphatic rings. The number of carbonyl (C=O) groups excluding carboxylic acids is 2. The van der Waals surface area contributed by atoms with E-state index in [0.29, 0.717) is 36.6 Å². The fraction of sp³-hybridized carbons (Fsp3) is 0.269. The van der Waals surface area contributed by atoms with Crippen LogP contribution in [0.25, 0.3) is 22.4 Å². The molecule has 0 aliphatic carbocycles. The van der Waals surface area contributed by atoms with Crippen LogP contribution in [0.3, 0.4) is 0 Å². The third kappa shape index (κ3) is 4.52. The van der Waals surface area contributed by atoms with E-state index in [-0.39, 0.29) is 23.7 Å². The Hall–Kier alpha value is -4.07. The van der Waals surface area contributed by atoms with Crippen molar-refractivity contribution >= 4 is 28.7 Å². The second kappa shape index (κ2) is 9.05. The monoisotopic (exact) mass is 454 g/mol. The van der Waals surface area contributed by atoms with Crippen LogP contribution in [0.4, 0.5) is 5.95 Å². The van der Waals surface area contributed by atoms with Gasteiger partial charge in [-0.3, -0.25) is 20.0 Å². The van der Waals surface area contributed by atoms with E-state index in [1.54, 1.807) is 4.90 Å². The van der Waals surface area contributed by atoms with E-state index >= 15 is 0 Å². The Morgan fingerprint density at radius 3 is 2.65 bits per heavy atom. The average Bonchev–Trinajstić information content (AvgIpc) is 3.31. The molecule has 0 radical (unpaired) electrons. The number of amides is 2. The quantitative estimate of drug-likeness (QED) is 0.483. The van der Waals surface area contributed by atoms with Crippen molar-refractivity contribution in [3.05, 3.63) is 71.3 Å². The summed E-state index contributed by atoms with van der Waals surface area (Å²) < 4.78 is 0. The van der Waals surface area contributed by atoms with Crippen LogP contribution in [0.1, 0.15) is 34.3 Å². The number of anilines is 1. The van der Waals surface area contributed by atoms with E-state index in [9.17, 15) is 9.59 Å². The molecule has 0 spiro atoms. The predicted molar refractivity (Wildman–Crippen MR) is 130 cm³/mol. The number of carbonyl (C=O) groups is 2. The molecule has 8 nitrogen and oxygen atoms in total. The van der Waals surface area contributed by atoms with Crippen molar-refractivity contribution in [3.63, 3.8) is 0 Å². The maximum absolute atomic E-state index is 13.0. The van der Waals surface area contributed by atoms with Gasteiger partial charge in [-0.25, -0.2) is 4.98 Å². The Morgan fingerprint density at radius 1 is 1.03 bits per heavy atom. The number of aromatic nitrogens is 4. The number of likely N-dealkylation sites (tertiary alicyclic amines) is 1. The van der Waals surface area contributed by atoms with E-state index in [1.807, 2.05) is 68.4 Å². The Bertz CT molecular complexity index is 1360. The SMILES string of the molecule is Cc1cc(C)cc(C(=O)N2CCCC(C(=O)Nc3n[nH]c(-c4ccc5ccccc5n4)n3)C2)c1. The maximum Gasteiger partial charge on any atom is 0.253 e. The molecule has 3 heterocycles. The summed E-state index contributed by atoms with van der Waals surface area (Å²) in [6, 6.07) is 17.5. The molecule has 2 aromatic carbocycles.